The zero-order chi connectivity index (χ0) is 13.8. The van der Waals surface area contributed by atoms with Gasteiger partial charge < -0.3 is 10.2 Å². The van der Waals surface area contributed by atoms with Crippen LogP contribution in [0.15, 0.2) is 0 Å². The Labute approximate surface area is 125 Å². The van der Waals surface area contributed by atoms with Gasteiger partial charge in [0.25, 0.3) is 0 Å². The maximum atomic E-state index is 3.88. The molecule has 0 amide bonds. The molecule has 20 heavy (non-hydrogen) atoms. The number of nitrogens with zero attached hydrogens (tertiary/aromatic N) is 2. The fourth-order valence-electron chi connectivity index (χ4n) is 4.60. The van der Waals surface area contributed by atoms with Gasteiger partial charge in [0.1, 0.15) is 0 Å². The molecule has 0 bridgehead atoms. The Balaban J connectivity index is 1.59. The van der Waals surface area contributed by atoms with Gasteiger partial charge in [0.2, 0.25) is 0 Å². The molecule has 0 aromatic rings. The number of hydrogen-bond acceptors (Lipinski definition) is 3. The van der Waals surface area contributed by atoms with Crippen molar-refractivity contribution in [3.8, 4) is 0 Å². The molecule has 0 aromatic heterocycles. The molecule has 2 heterocycles. The van der Waals surface area contributed by atoms with Crippen LogP contribution in [-0.2, 0) is 0 Å². The topological polar surface area (TPSA) is 18.5 Å². The molecular formula is C17H33N3. The molecule has 2 aliphatic heterocycles. The van der Waals surface area contributed by atoms with E-state index in [4.69, 9.17) is 0 Å². The molecule has 3 nitrogen and oxygen atoms in total. The Morgan fingerprint density at radius 1 is 0.850 bits per heavy atom. The Bertz CT molecular complexity index is 288. The maximum absolute atomic E-state index is 3.88. The van der Waals surface area contributed by atoms with Crippen molar-refractivity contribution in [3.05, 3.63) is 0 Å². The quantitative estimate of drug-likeness (QED) is 0.837. The van der Waals surface area contributed by atoms with E-state index in [1.165, 1.54) is 84.1 Å². The van der Waals surface area contributed by atoms with Gasteiger partial charge >= 0.3 is 0 Å². The Kier molecular flexibility index (Phi) is 5.36. The highest BCUT2D eigenvalue weighted by molar-refractivity contribution is 4.88. The molecule has 3 rings (SSSR count). The predicted octanol–water partition coefficient (Wildman–Crippen LogP) is 2.32. The minimum atomic E-state index is 0.769. The Hall–Kier alpha value is -0.120. The lowest BCUT2D eigenvalue weighted by Crippen LogP contribution is -2.51. The zero-order valence-electron chi connectivity index (χ0n) is 13.3. The molecule has 2 unspecified atom stereocenters. The standard InChI is InChI=1S/C17H33N3/c1-19-11-5-9-16(13-19)20-12-6-10-18-17(14-20)15-7-3-2-4-8-15/h15-18H,2-14H2,1H3. The lowest BCUT2D eigenvalue weighted by atomic mass is 9.83. The predicted molar refractivity (Wildman–Crippen MR) is 85.1 cm³/mol. The molecule has 0 spiro atoms. The average Bonchev–Trinajstić information content (AvgIpc) is 2.74. The molecular weight excluding hydrogens is 246 g/mol. The summed E-state index contributed by atoms with van der Waals surface area (Å²) in [7, 11) is 2.29. The largest absolute Gasteiger partial charge is 0.312 e. The summed E-state index contributed by atoms with van der Waals surface area (Å²) < 4.78 is 0. The van der Waals surface area contributed by atoms with E-state index in [0.29, 0.717) is 0 Å². The summed E-state index contributed by atoms with van der Waals surface area (Å²) >= 11 is 0. The van der Waals surface area contributed by atoms with Gasteiger partial charge in [-0.3, -0.25) is 4.90 Å². The second-order valence-corrected chi connectivity index (χ2v) is 7.37. The minimum Gasteiger partial charge on any atom is -0.312 e. The van der Waals surface area contributed by atoms with Gasteiger partial charge in [0, 0.05) is 25.2 Å². The van der Waals surface area contributed by atoms with E-state index in [-0.39, 0.29) is 0 Å². The average molecular weight is 279 g/mol. The molecule has 3 aliphatic rings. The van der Waals surface area contributed by atoms with Crippen LogP contribution in [0.5, 0.6) is 0 Å². The first-order valence-corrected chi connectivity index (χ1v) is 8.99. The molecule has 1 saturated carbocycles. The number of piperidine rings is 1. The van der Waals surface area contributed by atoms with Gasteiger partial charge in [-0.25, -0.2) is 0 Å². The fourth-order valence-corrected chi connectivity index (χ4v) is 4.60. The molecule has 0 radical (unpaired) electrons. The van der Waals surface area contributed by atoms with Gasteiger partial charge in [-0.05, 0) is 64.7 Å². The molecule has 2 atom stereocenters. The van der Waals surface area contributed by atoms with Gasteiger partial charge in [0.15, 0.2) is 0 Å². The number of rotatable bonds is 2. The van der Waals surface area contributed by atoms with E-state index in [1.807, 2.05) is 0 Å². The number of nitrogens with one attached hydrogen (secondary N) is 1. The molecule has 1 aliphatic carbocycles. The first-order chi connectivity index (χ1) is 9.83. The van der Waals surface area contributed by atoms with Crippen LogP contribution >= 0.6 is 0 Å². The molecule has 1 N–H and O–H groups in total. The maximum Gasteiger partial charge on any atom is 0.0224 e. The Morgan fingerprint density at radius 3 is 2.50 bits per heavy atom. The van der Waals surface area contributed by atoms with Crippen molar-refractivity contribution in [2.45, 2.75) is 63.5 Å². The van der Waals surface area contributed by atoms with E-state index < -0.39 is 0 Å². The second-order valence-electron chi connectivity index (χ2n) is 7.37. The highest BCUT2D eigenvalue weighted by Gasteiger charge is 2.31. The van der Waals surface area contributed by atoms with E-state index in [1.54, 1.807) is 0 Å². The zero-order valence-corrected chi connectivity index (χ0v) is 13.3. The van der Waals surface area contributed by atoms with Gasteiger partial charge in [0.05, 0.1) is 0 Å². The third-order valence-corrected chi connectivity index (χ3v) is 5.79. The molecule has 2 saturated heterocycles. The van der Waals surface area contributed by atoms with Crippen LogP contribution in [-0.4, -0.2) is 61.7 Å². The van der Waals surface area contributed by atoms with Crippen LogP contribution in [0.1, 0.15) is 51.4 Å². The monoisotopic (exact) mass is 279 g/mol. The lowest BCUT2D eigenvalue weighted by Gasteiger charge is -2.40. The second kappa shape index (κ2) is 7.24. The Morgan fingerprint density at radius 2 is 1.70 bits per heavy atom. The van der Waals surface area contributed by atoms with Crippen LogP contribution in [0.3, 0.4) is 0 Å². The van der Waals surface area contributed by atoms with Crippen molar-refractivity contribution in [3.63, 3.8) is 0 Å². The normalized spacial score (nSPS) is 35.9. The first-order valence-electron chi connectivity index (χ1n) is 8.99. The summed E-state index contributed by atoms with van der Waals surface area (Å²) in [5, 5.41) is 3.88. The van der Waals surface area contributed by atoms with E-state index in [0.717, 1.165) is 18.0 Å². The van der Waals surface area contributed by atoms with Gasteiger partial charge in [-0.1, -0.05) is 19.3 Å². The van der Waals surface area contributed by atoms with Crippen molar-refractivity contribution in [1.29, 1.82) is 0 Å². The molecule has 116 valence electrons. The summed E-state index contributed by atoms with van der Waals surface area (Å²) in [4.78, 5) is 5.36. The van der Waals surface area contributed by atoms with Crippen molar-refractivity contribution in [2.75, 3.05) is 39.8 Å². The SMILES string of the molecule is CN1CCCC(N2CCCNC(C3CCCCC3)C2)C1. The molecule has 3 heteroatoms. The summed E-state index contributed by atoms with van der Waals surface area (Å²) in [6, 6.07) is 1.59. The fraction of sp³-hybridized carbons (Fsp3) is 1.00. The van der Waals surface area contributed by atoms with Crippen molar-refractivity contribution in [1.82, 2.24) is 15.1 Å². The minimum absolute atomic E-state index is 0.769. The smallest absolute Gasteiger partial charge is 0.0224 e. The number of likely N-dealkylation sites (N-methyl/N-ethyl adjacent to an activating group) is 1. The van der Waals surface area contributed by atoms with Gasteiger partial charge in [-0.15, -0.1) is 0 Å². The van der Waals surface area contributed by atoms with Crippen LogP contribution in [0.2, 0.25) is 0 Å². The van der Waals surface area contributed by atoms with Crippen LogP contribution in [0, 0.1) is 5.92 Å². The summed E-state index contributed by atoms with van der Waals surface area (Å²) in [6.45, 7) is 6.45. The van der Waals surface area contributed by atoms with Crippen molar-refractivity contribution in [2.24, 2.45) is 5.92 Å². The van der Waals surface area contributed by atoms with Gasteiger partial charge in [-0.2, -0.15) is 0 Å². The number of hydrogen-bond donors (Lipinski definition) is 1. The van der Waals surface area contributed by atoms with Crippen molar-refractivity contribution < 1.29 is 0 Å². The van der Waals surface area contributed by atoms with E-state index >= 15 is 0 Å². The van der Waals surface area contributed by atoms with Crippen LogP contribution in [0.25, 0.3) is 0 Å². The van der Waals surface area contributed by atoms with E-state index in [9.17, 15) is 0 Å². The highest BCUT2D eigenvalue weighted by Crippen LogP contribution is 2.28. The lowest BCUT2D eigenvalue weighted by molar-refractivity contribution is 0.0995. The highest BCUT2D eigenvalue weighted by atomic mass is 15.2. The van der Waals surface area contributed by atoms with Crippen molar-refractivity contribution >= 4 is 0 Å². The first kappa shape index (κ1) is 14.8. The molecule has 0 aromatic carbocycles. The van der Waals surface area contributed by atoms with E-state index in [2.05, 4.69) is 22.2 Å². The summed E-state index contributed by atoms with van der Waals surface area (Å²) in [5.74, 6) is 0.950. The van der Waals surface area contributed by atoms with Crippen LogP contribution < -0.4 is 5.32 Å². The molecule has 3 fully saturated rings. The third-order valence-electron chi connectivity index (χ3n) is 5.79. The summed E-state index contributed by atoms with van der Waals surface area (Å²) in [6.07, 6.45) is 11.5. The summed E-state index contributed by atoms with van der Waals surface area (Å²) in [5.41, 5.74) is 0. The number of likely N-dealkylation sites (tertiary alicyclic amines) is 1. The third kappa shape index (κ3) is 3.75. The van der Waals surface area contributed by atoms with Crippen LogP contribution in [0.4, 0.5) is 0 Å².